The Balaban J connectivity index is 2.35. The maximum Gasteiger partial charge on any atom is 0.227 e. The highest BCUT2D eigenvalue weighted by molar-refractivity contribution is 5.90. The molecule has 0 fully saturated rings. The van der Waals surface area contributed by atoms with Gasteiger partial charge >= 0.3 is 0 Å². The van der Waals surface area contributed by atoms with Crippen LogP contribution in [0.3, 0.4) is 0 Å². The normalized spacial score (nSPS) is 12.8. The van der Waals surface area contributed by atoms with E-state index in [2.05, 4.69) is 27.5 Å². The molecule has 0 aromatic carbocycles. The molecule has 1 unspecified atom stereocenters. The zero-order valence-corrected chi connectivity index (χ0v) is 12.3. The number of hydrogen-bond donors (Lipinski definition) is 3. The molecule has 0 saturated carbocycles. The van der Waals surface area contributed by atoms with Crippen molar-refractivity contribution in [3.8, 4) is 0 Å². The van der Waals surface area contributed by atoms with E-state index >= 15 is 0 Å². The molecule has 1 atom stereocenters. The lowest BCUT2D eigenvalue weighted by Crippen LogP contribution is -2.38. The average Bonchev–Trinajstić information content (AvgIpc) is 2.38. The highest BCUT2D eigenvalue weighted by Gasteiger charge is 2.03. The molecule has 0 bridgehead atoms. The fourth-order valence-electron chi connectivity index (χ4n) is 1.50. The number of nitrogens with zero attached hydrogens (tertiary/aromatic N) is 2. The molecule has 1 rings (SSSR count). The van der Waals surface area contributed by atoms with Gasteiger partial charge in [0.15, 0.2) is 5.96 Å². The molecule has 6 nitrogen and oxygen atoms in total. The zero-order chi connectivity index (χ0) is 15.0. The van der Waals surface area contributed by atoms with E-state index in [-0.39, 0.29) is 18.4 Å². The molecule has 4 N–H and O–H groups in total. The minimum atomic E-state index is -0.122. The molecular weight excluding hydrogens is 254 g/mol. The lowest BCUT2D eigenvalue weighted by molar-refractivity contribution is -0.116. The Morgan fingerprint density at radius 1 is 1.50 bits per heavy atom. The number of aliphatic imine (C=N–C) groups is 1. The first-order chi connectivity index (χ1) is 9.51. The van der Waals surface area contributed by atoms with Crippen LogP contribution < -0.4 is 16.4 Å². The molecule has 1 heterocycles. The van der Waals surface area contributed by atoms with Crippen molar-refractivity contribution in [1.82, 2.24) is 10.3 Å². The van der Waals surface area contributed by atoms with E-state index in [1.54, 1.807) is 6.07 Å². The quantitative estimate of drug-likeness (QED) is 0.541. The van der Waals surface area contributed by atoms with Crippen molar-refractivity contribution >= 4 is 17.7 Å². The topological polar surface area (TPSA) is 92.4 Å². The summed E-state index contributed by atoms with van der Waals surface area (Å²) in [5.41, 5.74) is 6.57. The lowest BCUT2D eigenvalue weighted by Gasteiger charge is -2.11. The number of rotatable bonds is 6. The van der Waals surface area contributed by atoms with Gasteiger partial charge in [0.2, 0.25) is 5.91 Å². The Labute approximate surface area is 119 Å². The predicted octanol–water partition coefficient (Wildman–Crippen LogP) is 1.42. The molecule has 1 amide bonds. The number of anilines is 1. The molecule has 1 aromatic rings. The Kier molecular flexibility index (Phi) is 6.49. The third kappa shape index (κ3) is 6.17. The van der Waals surface area contributed by atoms with Crippen LogP contribution in [0.4, 0.5) is 5.82 Å². The predicted molar refractivity (Wildman–Crippen MR) is 81.6 cm³/mol. The number of hydrogen-bond acceptors (Lipinski definition) is 3. The summed E-state index contributed by atoms with van der Waals surface area (Å²) in [7, 11) is 0. The van der Waals surface area contributed by atoms with Crippen LogP contribution in [0.2, 0.25) is 0 Å². The number of nitrogens with one attached hydrogen (secondary N) is 2. The number of guanidine groups is 1. The van der Waals surface area contributed by atoms with Crippen molar-refractivity contribution < 1.29 is 4.79 Å². The van der Waals surface area contributed by atoms with Gasteiger partial charge in [-0.15, -0.1) is 0 Å². The molecule has 110 valence electrons. The molecule has 0 aliphatic heterocycles. The Hall–Kier alpha value is -2.11. The van der Waals surface area contributed by atoms with Gasteiger partial charge in [0.1, 0.15) is 5.82 Å². The van der Waals surface area contributed by atoms with Crippen LogP contribution in [0.15, 0.2) is 23.2 Å². The second-order valence-electron chi connectivity index (χ2n) is 4.68. The summed E-state index contributed by atoms with van der Waals surface area (Å²) in [6.45, 7) is 6.32. The number of amides is 1. The van der Waals surface area contributed by atoms with Gasteiger partial charge in [0, 0.05) is 18.2 Å². The maximum atomic E-state index is 11.7. The summed E-state index contributed by atoms with van der Waals surface area (Å²) in [6.07, 6.45) is 1.24. The molecule has 20 heavy (non-hydrogen) atoms. The van der Waals surface area contributed by atoms with Crippen LogP contribution in [0.1, 0.15) is 32.4 Å². The van der Waals surface area contributed by atoms with E-state index in [4.69, 9.17) is 5.73 Å². The SMILES string of the molecule is CCC(C)NC(N)=NCCC(=O)Nc1cccc(C)n1. The average molecular weight is 277 g/mol. The highest BCUT2D eigenvalue weighted by atomic mass is 16.1. The molecular formula is C14H23N5O. The van der Waals surface area contributed by atoms with Gasteiger partial charge in [0.25, 0.3) is 0 Å². The van der Waals surface area contributed by atoms with E-state index in [9.17, 15) is 4.79 Å². The molecule has 0 radical (unpaired) electrons. The molecule has 0 aliphatic rings. The number of aryl methyl sites for hydroxylation is 1. The van der Waals surface area contributed by atoms with E-state index in [0.717, 1.165) is 12.1 Å². The van der Waals surface area contributed by atoms with Crippen molar-refractivity contribution in [3.05, 3.63) is 23.9 Å². The van der Waals surface area contributed by atoms with E-state index in [1.807, 2.05) is 26.0 Å². The van der Waals surface area contributed by atoms with Gasteiger partial charge in [-0.05, 0) is 32.4 Å². The summed E-state index contributed by atoms with van der Waals surface area (Å²) < 4.78 is 0. The Morgan fingerprint density at radius 2 is 2.25 bits per heavy atom. The fraction of sp³-hybridized carbons (Fsp3) is 0.500. The molecule has 1 aromatic heterocycles. The highest BCUT2D eigenvalue weighted by Crippen LogP contribution is 2.04. The summed E-state index contributed by atoms with van der Waals surface area (Å²) in [5, 5.41) is 5.77. The summed E-state index contributed by atoms with van der Waals surface area (Å²) in [5.74, 6) is 0.814. The van der Waals surface area contributed by atoms with Gasteiger partial charge in [-0.2, -0.15) is 0 Å². The largest absolute Gasteiger partial charge is 0.370 e. The van der Waals surface area contributed by atoms with Crippen molar-refractivity contribution in [3.63, 3.8) is 0 Å². The van der Waals surface area contributed by atoms with Gasteiger partial charge in [-0.25, -0.2) is 4.98 Å². The first kappa shape index (κ1) is 15.9. The van der Waals surface area contributed by atoms with Gasteiger partial charge < -0.3 is 16.4 Å². The van der Waals surface area contributed by atoms with Crippen LogP contribution in [-0.4, -0.2) is 29.4 Å². The Bertz CT molecular complexity index is 472. The monoisotopic (exact) mass is 277 g/mol. The lowest BCUT2D eigenvalue weighted by atomic mass is 10.3. The van der Waals surface area contributed by atoms with Gasteiger partial charge in [0.05, 0.1) is 6.54 Å². The van der Waals surface area contributed by atoms with Crippen molar-refractivity contribution in [2.45, 2.75) is 39.7 Å². The second kappa shape index (κ2) is 8.14. The second-order valence-corrected chi connectivity index (χ2v) is 4.68. The minimum Gasteiger partial charge on any atom is -0.370 e. The maximum absolute atomic E-state index is 11.7. The number of carbonyl (C=O) groups excluding carboxylic acids is 1. The van der Waals surface area contributed by atoms with Crippen molar-refractivity contribution in [2.75, 3.05) is 11.9 Å². The first-order valence-corrected chi connectivity index (χ1v) is 6.81. The van der Waals surface area contributed by atoms with Gasteiger partial charge in [-0.3, -0.25) is 9.79 Å². The summed E-state index contributed by atoms with van der Waals surface area (Å²) >= 11 is 0. The summed E-state index contributed by atoms with van der Waals surface area (Å²) in [6, 6.07) is 5.77. The molecule has 0 spiro atoms. The fourth-order valence-corrected chi connectivity index (χ4v) is 1.50. The first-order valence-electron chi connectivity index (χ1n) is 6.81. The minimum absolute atomic E-state index is 0.122. The smallest absolute Gasteiger partial charge is 0.227 e. The van der Waals surface area contributed by atoms with Crippen molar-refractivity contribution in [2.24, 2.45) is 10.7 Å². The standard InChI is InChI=1S/C14H23N5O/c1-4-10(2)18-14(15)16-9-8-13(20)19-12-7-5-6-11(3)17-12/h5-7,10H,4,8-9H2,1-3H3,(H3,15,16,18)(H,17,19,20). The summed E-state index contributed by atoms with van der Waals surface area (Å²) in [4.78, 5) is 20.0. The van der Waals surface area contributed by atoms with Crippen LogP contribution in [0, 0.1) is 6.92 Å². The van der Waals surface area contributed by atoms with E-state index < -0.39 is 0 Å². The van der Waals surface area contributed by atoms with Crippen LogP contribution >= 0.6 is 0 Å². The van der Waals surface area contributed by atoms with Crippen LogP contribution in [0.25, 0.3) is 0 Å². The van der Waals surface area contributed by atoms with E-state index in [0.29, 0.717) is 18.3 Å². The number of pyridine rings is 1. The number of aromatic nitrogens is 1. The molecule has 6 heteroatoms. The molecule has 0 aliphatic carbocycles. The van der Waals surface area contributed by atoms with Crippen LogP contribution in [-0.2, 0) is 4.79 Å². The number of nitrogens with two attached hydrogens (primary N) is 1. The third-order valence-corrected chi connectivity index (χ3v) is 2.78. The third-order valence-electron chi connectivity index (χ3n) is 2.78. The van der Waals surface area contributed by atoms with E-state index in [1.165, 1.54) is 0 Å². The van der Waals surface area contributed by atoms with Crippen LogP contribution in [0.5, 0.6) is 0 Å². The zero-order valence-electron chi connectivity index (χ0n) is 12.3. The molecule has 0 saturated heterocycles. The van der Waals surface area contributed by atoms with Gasteiger partial charge in [-0.1, -0.05) is 13.0 Å². The Morgan fingerprint density at radius 3 is 2.90 bits per heavy atom. The van der Waals surface area contributed by atoms with Crippen molar-refractivity contribution in [1.29, 1.82) is 0 Å². The number of carbonyl (C=O) groups is 1.